The molecule has 6 nitrogen and oxygen atoms in total. The predicted octanol–water partition coefficient (Wildman–Crippen LogP) is 2.00. The Kier molecular flexibility index (Phi) is 3.74. The van der Waals surface area contributed by atoms with Crippen LogP contribution in [-0.4, -0.2) is 17.0 Å². The van der Waals surface area contributed by atoms with Gasteiger partial charge in [-0.25, -0.2) is 4.79 Å². The summed E-state index contributed by atoms with van der Waals surface area (Å²) in [5.74, 6) is -1.15. The molecule has 0 unspecified atom stereocenters. The van der Waals surface area contributed by atoms with Gasteiger partial charge in [0, 0.05) is 23.4 Å². The average molecular weight is 274 g/mol. The Morgan fingerprint density at radius 2 is 2.10 bits per heavy atom. The van der Waals surface area contributed by atoms with Crippen LogP contribution >= 0.6 is 0 Å². The Morgan fingerprint density at radius 3 is 2.70 bits per heavy atom. The van der Waals surface area contributed by atoms with Gasteiger partial charge in [0.15, 0.2) is 0 Å². The second-order valence-corrected chi connectivity index (χ2v) is 4.30. The summed E-state index contributed by atoms with van der Waals surface area (Å²) in [4.78, 5) is 21.9. The van der Waals surface area contributed by atoms with E-state index in [1.54, 1.807) is 31.2 Å². The van der Waals surface area contributed by atoms with Gasteiger partial charge in [0.25, 0.3) is 0 Å². The summed E-state index contributed by atoms with van der Waals surface area (Å²) in [6, 6.07) is 8.24. The summed E-state index contributed by atoms with van der Waals surface area (Å²) in [6.45, 7) is 2.09. The van der Waals surface area contributed by atoms with Gasteiger partial charge in [-0.3, -0.25) is 4.79 Å². The standard InChI is InChI=1S/C14H14N2O4/c1-8-10(6-12(20-8)14(18)19)7-16-11-4-2-3-9(5-11)13(15)17/h2-6,16H,7H2,1H3,(H2,15,17)(H,18,19). The van der Waals surface area contributed by atoms with E-state index in [1.807, 2.05) is 0 Å². The summed E-state index contributed by atoms with van der Waals surface area (Å²) in [5.41, 5.74) is 7.07. The van der Waals surface area contributed by atoms with Crippen molar-refractivity contribution in [2.45, 2.75) is 13.5 Å². The molecule has 2 rings (SSSR count). The molecule has 0 saturated carbocycles. The number of anilines is 1. The number of furan rings is 1. The van der Waals surface area contributed by atoms with Crippen molar-refractivity contribution in [3.05, 3.63) is 53.0 Å². The molecule has 0 aliphatic heterocycles. The highest BCUT2D eigenvalue weighted by Crippen LogP contribution is 2.17. The third-order valence-corrected chi connectivity index (χ3v) is 2.86. The first-order chi connectivity index (χ1) is 9.47. The van der Waals surface area contributed by atoms with E-state index >= 15 is 0 Å². The number of aryl methyl sites for hydroxylation is 1. The van der Waals surface area contributed by atoms with Crippen molar-refractivity contribution in [3.8, 4) is 0 Å². The maximum atomic E-state index is 11.1. The highest BCUT2D eigenvalue weighted by molar-refractivity contribution is 5.93. The first-order valence-corrected chi connectivity index (χ1v) is 5.93. The number of carbonyl (C=O) groups excluding carboxylic acids is 1. The van der Waals surface area contributed by atoms with Crippen molar-refractivity contribution in [3.63, 3.8) is 0 Å². The maximum absolute atomic E-state index is 11.1. The van der Waals surface area contributed by atoms with Crippen LogP contribution in [0.4, 0.5) is 5.69 Å². The lowest BCUT2D eigenvalue weighted by Crippen LogP contribution is -2.11. The molecule has 0 fully saturated rings. The van der Waals surface area contributed by atoms with Gasteiger partial charge in [0.2, 0.25) is 11.7 Å². The topological polar surface area (TPSA) is 106 Å². The van der Waals surface area contributed by atoms with E-state index in [-0.39, 0.29) is 5.76 Å². The minimum Gasteiger partial charge on any atom is -0.475 e. The zero-order valence-corrected chi connectivity index (χ0v) is 10.8. The number of amides is 1. The van der Waals surface area contributed by atoms with Gasteiger partial charge in [-0.2, -0.15) is 0 Å². The molecule has 0 bridgehead atoms. The van der Waals surface area contributed by atoms with Crippen LogP contribution in [0.15, 0.2) is 34.7 Å². The van der Waals surface area contributed by atoms with Gasteiger partial charge in [0.05, 0.1) is 0 Å². The number of carbonyl (C=O) groups is 2. The van der Waals surface area contributed by atoms with Crippen LogP contribution in [0.1, 0.15) is 32.2 Å². The first-order valence-electron chi connectivity index (χ1n) is 5.93. The highest BCUT2D eigenvalue weighted by Gasteiger charge is 2.12. The first kappa shape index (κ1) is 13.7. The van der Waals surface area contributed by atoms with E-state index in [2.05, 4.69) is 5.32 Å². The molecule has 2 aromatic rings. The SMILES string of the molecule is Cc1oc(C(=O)O)cc1CNc1cccc(C(N)=O)c1. The summed E-state index contributed by atoms with van der Waals surface area (Å²) >= 11 is 0. The van der Waals surface area contributed by atoms with Crippen LogP contribution in [0.25, 0.3) is 0 Å². The van der Waals surface area contributed by atoms with E-state index < -0.39 is 11.9 Å². The predicted molar refractivity (Wildman–Crippen MR) is 72.7 cm³/mol. The third-order valence-electron chi connectivity index (χ3n) is 2.86. The number of primary amides is 1. The van der Waals surface area contributed by atoms with Gasteiger partial charge in [-0.15, -0.1) is 0 Å². The Labute approximate surface area is 115 Å². The van der Waals surface area contributed by atoms with Crippen LogP contribution in [0.5, 0.6) is 0 Å². The molecule has 4 N–H and O–H groups in total. The lowest BCUT2D eigenvalue weighted by atomic mass is 10.2. The lowest BCUT2D eigenvalue weighted by molar-refractivity contribution is 0.0660. The number of nitrogens with two attached hydrogens (primary N) is 1. The molecule has 104 valence electrons. The van der Waals surface area contributed by atoms with Crippen molar-refractivity contribution in [1.29, 1.82) is 0 Å². The van der Waals surface area contributed by atoms with E-state index in [0.29, 0.717) is 17.9 Å². The smallest absolute Gasteiger partial charge is 0.371 e. The number of nitrogens with one attached hydrogen (secondary N) is 1. The van der Waals surface area contributed by atoms with Gasteiger partial charge in [-0.05, 0) is 31.2 Å². The molecule has 1 aromatic carbocycles. The molecular formula is C14H14N2O4. The van der Waals surface area contributed by atoms with Crippen molar-refractivity contribution < 1.29 is 19.1 Å². The number of rotatable bonds is 5. The van der Waals surface area contributed by atoms with Crippen molar-refractivity contribution in [2.24, 2.45) is 5.73 Å². The van der Waals surface area contributed by atoms with Gasteiger partial charge in [-0.1, -0.05) is 6.07 Å². The number of carboxylic acid groups (broad SMARTS) is 1. The number of aromatic carboxylic acids is 1. The number of hydrogen-bond donors (Lipinski definition) is 3. The van der Waals surface area contributed by atoms with Crippen LogP contribution in [0.2, 0.25) is 0 Å². The fraction of sp³-hybridized carbons (Fsp3) is 0.143. The average Bonchev–Trinajstić information content (AvgIpc) is 2.78. The van der Waals surface area contributed by atoms with Gasteiger partial charge >= 0.3 is 5.97 Å². The largest absolute Gasteiger partial charge is 0.475 e. The lowest BCUT2D eigenvalue weighted by Gasteiger charge is -2.06. The molecule has 0 saturated heterocycles. The highest BCUT2D eigenvalue weighted by atomic mass is 16.4. The Hall–Kier alpha value is -2.76. The van der Waals surface area contributed by atoms with Crippen LogP contribution in [0, 0.1) is 6.92 Å². The van der Waals surface area contributed by atoms with Crippen LogP contribution < -0.4 is 11.1 Å². The minimum absolute atomic E-state index is 0.0924. The van der Waals surface area contributed by atoms with Crippen molar-refractivity contribution in [1.82, 2.24) is 0 Å². The number of hydrogen-bond acceptors (Lipinski definition) is 4. The summed E-state index contributed by atoms with van der Waals surface area (Å²) in [6.07, 6.45) is 0. The Balaban J connectivity index is 2.10. The van der Waals surface area contributed by atoms with E-state index in [9.17, 15) is 9.59 Å². The van der Waals surface area contributed by atoms with Crippen LogP contribution in [0.3, 0.4) is 0 Å². The summed E-state index contributed by atoms with van der Waals surface area (Å²) in [5, 5.41) is 11.9. The summed E-state index contributed by atoms with van der Waals surface area (Å²) < 4.78 is 5.11. The minimum atomic E-state index is -1.10. The second-order valence-electron chi connectivity index (χ2n) is 4.30. The molecule has 0 spiro atoms. The molecule has 6 heteroatoms. The Bertz CT molecular complexity index is 661. The fourth-order valence-electron chi connectivity index (χ4n) is 1.78. The zero-order valence-electron chi connectivity index (χ0n) is 10.8. The monoisotopic (exact) mass is 274 g/mol. The molecule has 1 heterocycles. The maximum Gasteiger partial charge on any atom is 0.371 e. The molecule has 0 radical (unpaired) electrons. The number of benzene rings is 1. The third kappa shape index (κ3) is 2.97. The molecule has 0 aliphatic rings. The van der Waals surface area contributed by atoms with E-state index in [4.69, 9.17) is 15.3 Å². The molecule has 0 atom stereocenters. The zero-order chi connectivity index (χ0) is 14.7. The fourth-order valence-corrected chi connectivity index (χ4v) is 1.78. The quantitative estimate of drug-likeness (QED) is 0.773. The molecule has 0 aliphatic carbocycles. The molecular weight excluding hydrogens is 260 g/mol. The second kappa shape index (κ2) is 5.48. The molecule has 20 heavy (non-hydrogen) atoms. The normalized spacial score (nSPS) is 10.2. The van der Waals surface area contributed by atoms with Crippen molar-refractivity contribution in [2.75, 3.05) is 5.32 Å². The summed E-state index contributed by atoms with van der Waals surface area (Å²) in [7, 11) is 0. The van der Waals surface area contributed by atoms with Crippen LogP contribution in [-0.2, 0) is 6.54 Å². The van der Waals surface area contributed by atoms with Crippen molar-refractivity contribution >= 4 is 17.6 Å². The van der Waals surface area contributed by atoms with E-state index in [1.165, 1.54) is 6.07 Å². The number of carboxylic acids is 1. The van der Waals surface area contributed by atoms with Gasteiger partial charge in [0.1, 0.15) is 5.76 Å². The van der Waals surface area contributed by atoms with E-state index in [0.717, 1.165) is 11.3 Å². The molecule has 1 aromatic heterocycles. The molecule has 1 amide bonds. The Morgan fingerprint density at radius 1 is 1.35 bits per heavy atom. The van der Waals surface area contributed by atoms with Gasteiger partial charge < -0.3 is 20.6 Å².